The predicted molar refractivity (Wildman–Crippen MR) is 101 cm³/mol. The van der Waals surface area contributed by atoms with Crippen LogP contribution in [0.4, 0.5) is 16.4 Å². The van der Waals surface area contributed by atoms with Gasteiger partial charge in [-0.3, -0.25) is 20.9 Å². The molecule has 0 spiro atoms. The Bertz CT molecular complexity index is 993. The number of aromatic nitrogens is 2. The number of benzene rings is 2. The number of hydrogen-bond donors (Lipinski definition) is 3. The third-order valence-corrected chi connectivity index (χ3v) is 3.85. The lowest BCUT2D eigenvalue weighted by atomic mass is 10.1. The Labute approximate surface area is 158 Å². The normalized spacial score (nSPS) is 10.3. The summed E-state index contributed by atoms with van der Waals surface area (Å²) < 4.78 is 0. The van der Waals surface area contributed by atoms with Crippen LogP contribution in [0.3, 0.4) is 0 Å². The monoisotopic (exact) mass is 384 g/mol. The number of nitrogens with one attached hydrogen (secondary N) is 2. The van der Waals surface area contributed by atoms with Crippen molar-refractivity contribution in [2.24, 2.45) is 5.84 Å². The van der Waals surface area contributed by atoms with Crippen LogP contribution in [0.2, 0.25) is 5.02 Å². The molecule has 0 fully saturated rings. The summed E-state index contributed by atoms with van der Waals surface area (Å²) in [5, 5.41) is 13.8. The lowest BCUT2D eigenvalue weighted by Gasteiger charge is -2.09. The molecular weight excluding hydrogens is 372 g/mol. The van der Waals surface area contributed by atoms with Crippen molar-refractivity contribution in [1.82, 2.24) is 15.4 Å². The fourth-order valence-corrected chi connectivity index (χ4v) is 2.44. The Morgan fingerprint density at radius 2 is 1.52 bits per heavy atom. The SMILES string of the molecule is NNC(=O)Nc1nc(-c2ccc(Cl)cc2)cc(-c2ccc([N+](=O)[O-])cc2)n1. The number of nitro groups is 1. The van der Waals surface area contributed by atoms with Gasteiger partial charge in [0.25, 0.3) is 5.69 Å². The fourth-order valence-electron chi connectivity index (χ4n) is 2.31. The predicted octanol–water partition coefficient (Wildman–Crippen LogP) is 3.37. The van der Waals surface area contributed by atoms with Gasteiger partial charge >= 0.3 is 6.03 Å². The van der Waals surface area contributed by atoms with Gasteiger partial charge in [0.2, 0.25) is 5.95 Å². The quantitative estimate of drug-likeness (QED) is 0.273. The highest BCUT2D eigenvalue weighted by Crippen LogP contribution is 2.27. The first-order valence-corrected chi connectivity index (χ1v) is 8.01. The maximum Gasteiger partial charge on any atom is 0.335 e. The molecular formula is C17H13ClN6O3. The van der Waals surface area contributed by atoms with Crippen molar-refractivity contribution in [2.45, 2.75) is 0 Å². The highest BCUT2D eigenvalue weighted by atomic mass is 35.5. The molecule has 0 aliphatic rings. The zero-order valence-electron chi connectivity index (χ0n) is 13.7. The van der Waals surface area contributed by atoms with Crippen molar-refractivity contribution >= 4 is 29.3 Å². The van der Waals surface area contributed by atoms with E-state index in [1.807, 2.05) is 5.43 Å². The van der Waals surface area contributed by atoms with Crippen LogP contribution >= 0.6 is 11.6 Å². The minimum Gasteiger partial charge on any atom is -0.276 e. The number of non-ortho nitro benzene ring substituents is 1. The Hall–Kier alpha value is -3.56. The zero-order valence-corrected chi connectivity index (χ0v) is 14.5. The molecule has 27 heavy (non-hydrogen) atoms. The van der Waals surface area contributed by atoms with Crippen molar-refractivity contribution in [3.8, 4) is 22.5 Å². The van der Waals surface area contributed by atoms with E-state index < -0.39 is 11.0 Å². The molecule has 3 aromatic rings. The van der Waals surface area contributed by atoms with Crippen LogP contribution in [0, 0.1) is 10.1 Å². The molecule has 0 bridgehead atoms. The number of halogens is 1. The zero-order chi connectivity index (χ0) is 19.4. The Morgan fingerprint density at radius 1 is 1.00 bits per heavy atom. The first kappa shape index (κ1) is 18.2. The number of rotatable bonds is 4. The number of nitro benzene ring substituents is 1. The Balaban J connectivity index is 2.07. The molecule has 0 unspecified atom stereocenters. The molecule has 10 heteroatoms. The standard InChI is InChI=1S/C17H13ClN6O3/c18-12-5-1-10(2-6-12)14-9-15(21-16(20-14)22-17(25)23-19)11-3-7-13(8-4-11)24(26)27/h1-9H,19H2,(H2,20,21,22,23,25). The largest absolute Gasteiger partial charge is 0.335 e. The summed E-state index contributed by atoms with van der Waals surface area (Å²) in [7, 11) is 0. The number of nitrogens with zero attached hydrogens (tertiary/aromatic N) is 3. The van der Waals surface area contributed by atoms with Crippen molar-refractivity contribution in [2.75, 3.05) is 5.32 Å². The molecule has 0 saturated carbocycles. The maximum atomic E-state index is 11.5. The lowest BCUT2D eigenvalue weighted by Crippen LogP contribution is -2.34. The third-order valence-electron chi connectivity index (χ3n) is 3.60. The second-order valence-corrected chi connectivity index (χ2v) is 5.81. The van der Waals surface area contributed by atoms with E-state index in [1.54, 1.807) is 42.5 Å². The van der Waals surface area contributed by atoms with Gasteiger partial charge in [-0.15, -0.1) is 0 Å². The topological polar surface area (TPSA) is 136 Å². The molecule has 0 aliphatic heterocycles. The van der Waals surface area contributed by atoms with Gasteiger partial charge in [-0.2, -0.15) is 0 Å². The summed E-state index contributed by atoms with van der Waals surface area (Å²) >= 11 is 5.92. The van der Waals surface area contributed by atoms with Crippen LogP contribution in [0.15, 0.2) is 54.6 Å². The lowest BCUT2D eigenvalue weighted by molar-refractivity contribution is -0.384. The van der Waals surface area contributed by atoms with E-state index >= 15 is 0 Å². The Kier molecular flexibility index (Phi) is 5.25. The number of anilines is 1. The van der Waals surface area contributed by atoms with Gasteiger partial charge in [-0.25, -0.2) is 20.6 Å². The van der Waals surface area contributed by atoms with Gasteiger partial charge in [0.1, 0.15) is 0 Å². The number of carbonyl (C=O) groups excluding carboxylic acids is 1. The molecule has 0 aliphatic carbocycles. The smallest absolute Gasteiger partial charge is 0.276 e. The molecule has 1 heterocycles. The molecule has 0 saturated heterocycles. The van der Waals surface area contributed by atoms with Crippen LogP contribution in [0.25, 0.3) is 22.5 Å². The van der Waals surface area contributed by atoms with E-state index in [2.05, 4.69) is 15.3 Å². The first-order chi connectivity index (χ1) is 13.0. The van der Waals surface area contributed by atoms with Crippen molar-refractivity contribution < 1.29 is 9.72 Å². The molecule has 9 nitrogen and oxygen atoms in total. The van der Waals surface area contributed by atoms with E-state index in [0.717, 1.165) is 5.56 Å². The maximum absolute atomic E-state index is 11.5. The van der Waals surface area contributed by atoms with Crippen molar-refractivity contribution in [1.29, 1.82) is 0 Å². The van der Waals surface area contributed by atoms with E-state index in [1.165, 1.54) is 12.1 Å². The molecule has 2 amide bonds. The number of nitrogens with two attached hydrogens (primary N) is 1. The van der Waals surface area contributed by atoms with Gasteiger partial charge in [0, 0.05) is 28.3 Å². The summed E-state index contributed by atoms with van der Waals surface area (Å²) in [6, 6.07) is 13.9. The van der Waals surface area contributed by atoms with Crippen LogP contribution < -0.4 is 16.6 Å². The van der Waals surface area contributed by atoms with Crippen molar-refractivity contribution in [3.05, 3.63) is 69.7 Å². The number of urea groups is 1. The molecule has 2 aromatic carbocycles. The third kappa shape index (κ3) is 4.35. The van der Waals surface area contributed by atoms with Gasteiger partial charge in [0.05, 0.1) is 16.3 Å². The van der Waals surface area contributed by atoms with Gasteiger partial charge < -0.3 is 0 Å². The van der Waals surface area contributed by atoms with Gasteiger partial charge in [0.15, 0.2) is 0 Å². The summed E-state index contributed by atoms with van der Waals surface area (Å²) in [4.78, 5) is 30.4. The average molecular weight is 385 g/mol. The van der Waals surface area contributed by atoms with Crippen LogP contribution in [-0.2, 0) is 0 Å². The first-order valence-electron chi connectivity index (χ1n) is 7.64. The van der Waals surface area contributed by atoms with Crippen molar-refractivity contribution in [3.63, 3.8) is 0 Å². The van der Waals surface area contributed by atoms with Gasteiger partial charge in [-0.05, 0) is 30.3 Å². The molecule has 0 radical (unpaired) electrons. The molecule has 1 aromatic heterocycles. The van der Waals surface area contributed by atoms with Crippen LogP contribution in [-0.4, -0.2) is 20.9 Å². The Morgan fingerprint density at radius 3 is 2.00 bits per heavy atom. The van der Waals surface area contributed by atoms with Crippen LogP contribution in [0.1, 0.15) is 0 Å². The second-order valence-electron chi connectivity index (χ2n) is 5.37. The fraction of sp³-hybridized carbons (Fsp3) is 0. The van der Waals surface area contributed by atoms with E-state index in [0.29, 0.717) is 22.0 Å². The molecule has 4 N–H and O–H groups in total. The average Bonchev–Trinajstić information content (AvgIpc) is 2.68. The van der Waals surface area contributed by atoms with E-state index in [9.17, 15) is 14.9 Å². The summed E-state index contributed by atoms with van der Waals surface area (Å²) in [5.41, 5.74) is 4.27. The highest BCUT2D eigenvalue weighted by Gasteiger charge is 2.12. The minimum atomic E-state index is -0.682. The molecule has 3 rings (SSSR count). The highest BCUT2D eigenvalue weighted by molar-refractivity contribution is 6.30. The van der Waals surface area contributed by atoms with Crippen LogP contribution in [0.5, 0.6) is 0 Å². The summed E-state index contributed by atoms with van der Waals surface area (Å²) in [6.45, 7) is 0. The summed E-state index contributed by atoms with van der Waals surface area (Å²) in [6.07, 6.45) is 0. The molecule has 136 valence electrons. The molecule has 0 atom stereocenters. The van der Waals surface area contributed by atoms with E-state index in [-0.39, 0.29) is 11.6 Å². The second kappa shape index (κ2) is 7.77. The number of carbonyl (C=O) groups is 1. The minimum absolute atomic E-state index is 0.0266. The van der Waals surface area contributed by atoms with Gasteiger partial charge in [-0.1, -0.05) is 23.7 Å². The summed E-state index contributed by atoms with van der Waals surface area (Å²) in [5.74, 6) is 5.11. The number of amides is 2. The number of hydrogen-bond acceptors (Lipinski definition) is 6. The number of hydrazine groups is 1. The van der Waals surface area contributed by atoms with E-state index in [4.69, 9.17) is 17.4 Å².